The van der Waals surface area contributed by atoms with Crippen LogP contribution >= 0.6 is 11.3 Å². The van der Waals surface area contributed by atoms with Gasteiger partial charge in [-0.2, -0.15) is 0 Å². The van der Waals surface area contributed by atoms with Crippen LogP contribution in [0.25, 0.3) is 0 Å². The quantitative estimate of drug-likeness (QED) is 0.648. The van der Waals surface area contributed by atoms with Gasteiger partial charge in [-0.1, -0.05) is 30.3 Å². The van der Waals surface area contributed by atoms with Gasteiger partial charge < -0.3 is 10.1 Å². The second-order valence-electron chi connectivity index (χ2n) is 5.43. The molecule has 0 aliphatic heterocycles. The number of ether oxygens (including phenoxy) is 1. The molecule has 1 aromatic carbocycles. The van der Waals surface area contributed by atoms with Crippen molar-refractivity contribution in [1.82, 2.24) is 10.3 Å². The Morgan fingerprint density at radius 2 is 1.88 bits per heavy atom. The Hall–Kier alpha value is -2.99. The van der Waals surface area contributed by atoms with Crippen molar-refractivity contribution in [2.45, 2.75) is 13.5 Å². The first-order chi connectivity index (χ1) is 12.7. The number of carbonyl (C=O) groups excluding carboxylic acids is 2. The van der Waals surface area contributed by atoms with Gasteiger partial charge in [0, 0.05) is 16.6 Å². The van der Waals surface area contributed by atoms with E-state index >= 15 is 0 Å². The number of amides is 1. The lowest BCUT2D eigenvalue weighted by Crippen LogP contribution is -2.23. The van der Waals surface area contributed by atoms with Crippen LogP contribution in [0.4, 0.5) is 0 Å². The molecule has 0 saturated carbocycles. The molecular weight excluding hydrogens is 348 g/mol. The molecule has 3 aromatic rings. The van der Waals surface area contributed by atoms with Crippen molar-refractivity contribution in [1.29, 1.82) is 0 Å². The lowest BCUT2D eigenvalue weighted by Gasteiger charge is -2.08. The molecule has 1 amide bonds. The lowest BCUT2D eigenvalue weighted by molar-refractivity contribution is 0.0946. The highest BCUT2D eigenvalue weighted by Crippen LogP contribution is 2.20. The molecule has 2 aromatic heterocycles. The first-order valence-corrected chi connectivity index (χ1v) is 9.05. The maximum atomic E-state index is 12.4. The summed E-state index contributed by atoms with van der Waals surface area (Å²) in [6.45, 7) is 2.62. The van der Waals surface area contributed by atoms with Crippen molar-refractivity contribution >= 4 is 23.0 Å². The maximum Gasteiger partial charge on any atom is 0.257 e. The van der Waals surface area contributed by atoms with Crippen LogP contribution in [-0.2, 0) is 6.54 Å². The standard InChI is InChI=1S/C20H18N2O3S/c1-2-25-20-16(9-6-12-21-20)19(24)22-13-15-10-11-17(26-15)18(23)14-7-4-3-5-8-14/h3-12H,2,13H2,1H3,(H,22,24). The fourth-order valence-electron chi connectivity index (χ4n) is 2.40. The number of hydrogen-bond donors (Lipinski definition) is 1. The number of aromatic nitrogens is 1. The number of carbonyl (C=O) groups is 2. The highest BCUT2D eigenvalue weighted by molar-refractivity contribution is 7.14. The van der Waals surface area contributed by atoms with Gasteiger partial charge in [0.25, 0.3) is 5.91 Å². The molecule has 0 unspecified atom stereocenters. The van der Waals surface area contributed by atoms with Crippen molar-refractivity contribution in [3.8, 4) is 5.88 Å². The van der Waals surface area contributed by atoms with Gasteiger partial charge in [-0.25, -0.2) is 4.98 Å². The van der Waals surface area contributed by atoms with Gasteiger partial charge >= 0.3 is 0 Å². The number of ketones is 1. The lowest BCUT2D eigenvalue weighted by atomic mass is 10.1. The normalized spacial score (nSPS) is 10.3. The van der Waals surface area contributed by atoms with E-state index in [2.05, 4.69) is 10.3 Å². The molecule has 0 aliphatic rings. The Morgan fingerprint density at radius 3 is 2.65 bits per heavy atom. The Balaban J connectivity index is 1.65. The Bertz CT molecular complexity index is 906. The first kappa shape index (κ1) is 17.8. The molecule has 26 heavy (non-hydrogen) atoms. The predicted molar refractivity (Wildman–Crippen MR) is 101 cm³/mol. The van der Waals surface area contributed by atoms with E-state index in [-0.39, 0.29) is 11.7 Å². The van der Waals surface area contributed by atoms with E-state index in [1.807, 2.05) is 31.2 Å². The number of nitrogens with zero attached hydrogens (tertiary/aromatic N) is 1. The molecule has 0 atom stereocenters. The minimum absolute atomic E-state index is 0.0148. The fraction of sp³-hybridized carbons (Fsp3) is 0.150. The van der Waals surface area contributed by atoms with Crippen molar-refractivity contribution in [3.63, 3.8) is 0 Å². The average Bonchev–Trinajstić information content (AvgIpc) is 3.16. The monoisotopic (exact) mass is 366 g/mol. The number of nitrogens with one attached hydrogen (secondary N) is 1. The zero-order valence-corrected chi connectivity index (χ0v) is 15.1. The SMILES string of the molecule is CCOc1ncccc1C(=O)NCc1ccc(C(=O)c2ccccc2)s1. The molecule has 0 radical (unpaired) electrons. The highest BCUT2D eigenvalue weighted by Gasteiger charge is 2.15. The van der Waals surface area contributed by atoms with Crippen LogP contribution in [0.1, 0.15) is 37.4 Å². The van der Waals surface area contributed by atoms with Crippen LogP contribution in [-0.4, -0.2) is 23.3 Å². The molecule has 5 nitrogen and oxygen atoms in total. The van der Waals surface area contributed by atoms with Crippen molar-refractivity contribution in [2.75, 3.05) is 6.61 Å². The second kappa shape index (κ2) is 8.40. The van der Waals surface area contributed by atoms with Crippen LogP contribution in [0.2, 0.25) is 0 Å². The summed E-state index contributed by atoms with van der Waals surface area (Å²) in [7, 11) is 0. The van der Waals surface area contributed by atoms with Crippen molar-refractivity contribution in [2.24, 2.45) is 0 Å². The van der Waals surface area contributed by atoms with Crippen LogP contribution in [0, 0.1) is 0 Å². The van der Waals surface area contributed by atoms with Gasteiger partial charge in [0.1, 0.15) is 5.56 Å². The minimum atomic E-state index is -0.258. The van der Waals surface area contributed by atoms with Gasteiger partial charge in [-0.05, 0) is 31.2 Å². The summed E-state index contributed by atoms with van der Waals surface area (Å²) in [5, 5.41) is 2.85. The second-order valence-corrected chi connectivity index (χ2v) is 6.60. The van der Waals surface area contributed by atoms with E-state index in [9.17, 15) is 9.59 Å². The van der Waals surface area contributed by atoms with E-state index in [1.165, 1.54) is 11.3 Å². The fourth-order valence-corrected chi connectivity index (χ4v) is 3.31. The summed E-state index contributed by atoms with van der Waals surface area (Å²) in [5.41, 5.74) is 1.05. The van der Waals surface area contributed by atoms with Crippen molar-refractivity contribution < 1.29 is 14.3 Å². The van der Waals surface area contributed by atoms with Crippen LogP contribution < -0.4 is 10.1 Å². The molecule has 0 saturated heterocycles. The number of pyridine rings is 1. The summed E-state index contributed by atoms with van der Waals surface area (Å²) in [6.07, 6.45) is 1.59. The molecule has 0 aliphatic carbocycles. The van der Waals surface area contributed by atoms with Gasteiger partial charge in [0.05, 0.1) is 18.0 Å². The number of rotatable bonds is 7. The third-order valence-corrected chi connectivity index (χ3v) is 4.73. The van der Waals surface area contributed by atoms with Gasteiger partial charge in [-0.3, -0.25) is 9.59 Å². The molecule has 2 heterocycles. The van der Waals surface area contributed by atoms with E-state index in [0.29, 0.717) is 35.0 Å². The number of hydrogen-bond acceptors (Lipinski definition) is 5. The molecule has 3 rings (SSSR count). The summed E-state index contributed by atoms with van der Waals surface area (Å²) in [6, 6.07) is 16.2. The molecule has 1 N–H and O–H groups in total. The zero-order chi connectivity index (χ0) is 18.4. The largest absolute Gasteiger partial charge is 0.477 e. The van der Waals surface area contributed by atoms with E-state index in [0.717, 1.165) is 4.88 Å². The maximum absolute atomic E-state index is 12.4. The van der Waals surface area contributed by atoms with E-state index < -0.39 is 0 Å². The van der Waals surface area contributed by atoms with E-state index in [1.54, 1.807) is 36.5 Å². The third kappa shape index (κ3) is 4.15. The summed E-state index contributed by atoms with van der Waals surface area (Å²) in [5.74, 6) is 0.0450. The topological polar surface area (TPSA) is 68.3 Å². The van der Waals surface area contributed by atoms with Gasteiger partial charge in [-0.15, -0.1) is 11.3 Å². The molecule has 0 bridgehead atoms. The van der Waals surface area contributed by atoms with Crippen LogP contribution in [0.5, 0.6) is 5.88 Å². The minimum Gasteiger partial charge on any atom is -0.477 e. The van der Waals surface area contributed by atoms with Crippen LogP contribution in [0.3, 0.4) is 0 Å². The first-order valence-electron chi connectivity index (χ1n) is 8.23. The summed E-state index contributed by atoms with van der Waals surface area (Å²) in [4.78, 5) is 30.4. The Labute approximate surface area is 155 Å². The van der Waals surface area contributed by atoms with Gasteiger partial charge in [0.15, 0.2) is 0 Å². The zero-order valence-electron chi connectivity index (χ0n) is 14.3. The molecule has 0 spiro atoms. The van der Waals surface area contributed by atoms with Gasteiger partial charge in [0.2, 0.25) is 11.7 Å². The smallest absolute Gasteiger partial charge is 0.257 e. The summed E-state index contributed by atoms with van der Waals surface area (Å²) >= 11 is 1.38. The number of benzene rings is 1. The average molecular weight is 366 g/mol. The Morgan fingerprint density at radius 1 is 1.08 bits per heavy atom. The third-order valence-electron chi connectivity index (χ3n) is 3.64. The highest BCUT2D eigenvalue weighted by atomic mass is 32.1. The van der Waals surface area contributed by atoms with Crippen molar-refractivity contribution in [3.05, 3.63) is 81.7 Å². The van der Waals surface area contributed by atoms with E-state index in [4.69, 9.17) is 4.74 Å². The predicted octanol–water partition coefficient (Wildman–Crippen LogP) is 3.70. The Kier molecular flexibility index (Phi) is 5.76. The molecule has 132 valence electrons. The molecule has 0 fully saturated rings. The molecular formula is C20H18N2O3S. The van der Waals surface area contributed by atoms with Crippen LogP contribution in [0.15, 0.2) is 60.8 Å². The molecule has 6 heteroatoms. The summed E-state index contributed by atoms with van der Waals surface area (Å²) < 4.78 is 5.38. The number of thiophene rings is 1.